The van der Waals surface area contributed by atoms with Crippen molar-refractivity contribution in [2.75, 3.05) is 0 Å². The van der Waals surface area contributed by atoms with E-state index < -0.39 is 0 Å². The Labute approximate surface area is 128 Å². The molecule has 2 heteroatoms. The summed E-state index contributed by atoms with van der Waals surface area (Å²) in [5.74, 6) is 0. The molecule has 0 unspecified atom stereocenters. The van der Waals surface area contributed by atoms with Crippen molar-refractivity contribution in [1.29, 1.82) is 0 Å². The first-order valence-corrected chi connectivity index (χ1v) is 7.72. The van der Waals surface area contributed by atoms with E-state index in [0.29, 0.717) is 0 Å². The molecule has 20 heavy (non-hydrogen) atoms. The summed E-state index contributed by atoms with van der Waals surface area (Å²) in [6, 6.07) is 23.2. The van der Waals surface area contributed by atoms with E-state index in [1.54, 1.807) is 11.3 Å². The summed E-state index contributed by atoms with van der Waals surface area (Å²) in [7, 11) is 0. The lowest BCUT2D eigenvalue weighted by atomic mass is 10.1. The molecule has 0 atom stereocenters. The maximum absolute atomic E-state index is 5.42. The van der Waals surface area contributed by atoms with E-state index in [0.717, 1.165) is 4.51 Å². The van der Waals surface area contributed by atoms with Crippen LogP contribution in [0.25, 0.3) is 20.9 Å². The molecule has 0 aliphatic heterocycles. The van der Waals surface area contributed by atoms with Crippen LogP contribution in [-0.2, 0) is 0 Å². The molecule has 2 aromatic carbocycles. The summed E-state index contributed by atoms with van der Waals surface area (Å²) in [5, 5.41) is 0. The van der Waals surface area contributed by atoms with Crippen LogP contribution in [0.4, 0.5) is 0 Å². The number of hydrogen-bond acceptors (Lipinski definition) is 2. The van der Waals surface area contributed by atoms with Gasteiger partial charge in [-0.1, -0.05) is 72.4 Å². The maximum atomic E-state index is 5.42. The molecule has 0 bridgehead atoms. The van der Waals surface area contributed by atoms with Gasteiger partial charge in [-0.2, -0.15) is 0 Å². The van der Waals surface area contributed by atoms with E-state index in [2.05, 4.69) is 67.6 Å². The van der Waals surface area contributed by atoms with Gasteiger partial charge in [-0.3, -0.25) is 0 Å². The van der Waals surface area contributed by atoms with Crippen LogP contribution < -0.4 is 0 Å². The Morgan fingerprint density at radius 2 is 1.30 bits per heavy atom. The molecule has 0 nitrogen and oxygen atoms in total. The van der Waals surface area contributed by atoms with Crippen LogP contribution in [0.2, 0.25) is 0 Å². The zero-order valence-electron chi connectivity index (χ0n) is 11.2. The third-order valence-electron chi connectivity index (χ3n) is 3.16. The Hall–Kier alpha value is -1.77. The lowest BCUT2D eigenvalue weighted by Gasteiger charge is -2.05. The van der Waals surface area contributed by atoms with Crippen LogP contribution in [0.3, 0.4) is 0 Å². The minimum atomic E-state index is 0.887. The summed E-state index contributed by atoms with van der Waals surface area (Å²) < 4.78 is 0.887. The second-order valence-electron chi connectivity index (χ2n) is 4.75. The fourth-order valence-electron chi connectivity index (χ4n) is 2.08. The highest BCUT2D eigenvalue weighted by molar-refractivity contribution is 7.71. The average Bonchev–Trinajstić information content (AvgIpc) is 2.48. The van der Waals surface area contributed by atoms with E-state index in [4.69, 9.17) is 12.2 Å². The SMILES string of the molecule is Cc1ccc(-c2cc(=S)cc(-c3ccccc3)s2)cc1. The summed E-state index contributed by atoms with van der Waals surface area (Å²) in [6.07, 6.45) is 0. The Morgan fingerprint density at radius 3 is 1.90 bits per heavy atom. The Kier molecular flexibility index (Phi) is 3.77. The third-order valence-corrected chi connectivity index (χ3v) is 4.54. The van der Waals surface area contributed by atoms with Gasteiger partial charge in [0.25, 0.3) is 0 Å². The number of benzene rings is 2. The van der Waals surface area contributed by atoms with Gasteiger partial charge in [-0.25, -0.2) is 0 Å². The van der Waals surface area contributed by atoms with Crippen LogP contribution in [0.5, 0.6) is 0 Å². The monoisotopic (exact) mass is 294 g/mol. The molecule has 3 rings (SSSR count). The van der Waals surface area contributed by atoms with Crippen LogP contribution in [0.1, 0.15) is 5.56 Å². The normalized spacial score (nSPS) is 10.4. The molecule has 0 amide bonds. The van der Waals surface area contributed by atoms with Crippen LogP contribution in [-0.4, -0.2) is 0 Å². The van der Waals surface area contributed by atoms with E-state index in [1.807, 2.05) is 6.07 Å². The van der Waals surface area contributed by atoms with Gasteiger partial charge in [0, 0.05) is 14.3 Å². The summed E-state index contributed by atoms with van der Waals surface area (Å²) in [4.78, 5) is 2.44. The average molecular weight is 294 g/mol. The highest BCUT2D eigenvalue weighted by Crippen LogP contribution is 2.32. The van der Waals surface area contributed by atoms with Gasteiger partial charge in [0.05, 0.1) is 0 Å². The van der Waals surface area contributed by atoms with Gasteiger partial charge >= 0.3 is 0 Å². The molecular formula is C18H14S2. The highest BCUT2D eigenvalue weighted by atomic mass is 32.1. The molecule has 0 saturated heterocycles. The van der Waals surface area contributed by atoms with Crippen molar-refractivity contribution in [3.63, 3.8) is 0 Å². The van der Waals surface area contributed by atoms with Gasteiger partial charge in [0.2, 0.25) is 0 Å². The van der Waals surface area contributed by atoms with Crippen molar-refractivity contribution >= 4 is 23.6 Å². The van der Waals surface area contributed by atoms with Gasteiger partial charge in [0.1, 0.15) is 0 Å². The minimum Gasteiger partial charge on any atom is -0.135 e. The predicted molar refractivity (Wildman–Crippen MR) is 90.8 cm³/mol. The molecule has 0 saturated carbocycles. The zero-order chi connectivity index (χ0) is 13.9. The number of aryl methyl sites for hydroxylation is 1. The summed E-state index contributed by atoms with van der Waals surface area (Å²) in [6.45, 7) is 2.10. The van der Waals surface area contributed by atoms with E-state index in [-0.39, 0.29) is 0 Å². The zero-order valence-corrected chi connectivity index (χ0v) is 12.8. The maximum Gasteiger partial charge on any atom is 0.0405 e. The molecule has 3 aromatic rings. The molecule has 1 aromatic heterocycles. The summed E-state index contributed by atoms with van der Waals surface area (Å²) in [5.41, 5.74) is 3.72. The molecule has 0 radical (unpaired) electrons. The van der Waals surface area contributed by atoms with Gasteiger partial charge in [-0.05, 0) is 30.2 Å². The summed E-state index contributed by atoms with van der Waals surface area (Å²) >= 11 is 7.20. The van der Waals surface area contributed by atoms with Gasteiger partial charge < -0.3 is 0 Å². The van der Waals surface area contributed by atoms with Crippen molar-refractivity contribution in [3.05, 3.63) is 76.8 Å². The molecule has 0 aliphatic carbocycles. The first kappa shape index (κ1) is 13.2. The van der Waals surface area contributed by atoms with Crippen molar-refractivity contribution in [1.82, 2.24) is 0 Å². The fourth-order valence-corrected chi connectivity index (χ4v) is 3.58. The van der Waals surface area contributed by atoms with Crippen molar-refractivity contribution in [3.8, 4) is 20.9 Å². The number of hydrogen-bond donors (Lipinski definition) is 0. The minimum absolute atomic E-state index is 0.887. The third kappa shape index (κ3) is 2.87. The quantitative estimate of drug-likeness (QED) is 0.513. The van der Waals surface area contributed by atoms with Crippen molar-refractivity contribution in [2.45, 2.75) is 6.92 Å². The molecule has 0 N–H and O–H groups in total. The largest absolute Gasteiger partial charge is 0.135 e. The van der Waals surface area contributed by atoms with Crippen molar-refractivity contribution < 1.29 is 0 Å². The molecule has 0 aliphatic rings. The fraction of sp³-hybridized carbons (Fsp3) is 0.0556. The highest BCUT2D eigenvalue weighted by Gasteiger charge is 2.03. The smallest absolute Gasteiger partial charge is 0.0405 e. The Bertz CT molecular complexity index is 769. The molecule has 0 spiro atoms. The van der Waals surface area contributed by atoms with E-state index in [9.17, 15) is 0 Å². The molecular weight excluding hydrogens is 280 g/mol. The Balaban J connectivity index is 2.12. The Morgan fingerprint density at radius 1 is 0.750 bits per heavy atom. The first-order chi connectivity index (χ1) is 9.72. The van der Waals surface area contributed by atoms with E-state index >= 15 is 0 Å². The topological polar surface area (TPSA) is 0 Å². The van der Waals surface area contributed by atoms with E-state index in [1.165, 1.54) is 26.4 Å². The van der Waals surface area contributed by atoms with Gasteiger partial charge in [0.15, 0.2) is 0 Å². The van der Waals surface area contributed by atoms with Crippen molar-refractivity contribution in [2.24, 2.45) is 0 Å². The molecule has 0 fully saturated rings. The standard InChI is InChI=1S/C18H14S2/c1-13-7-9-15(10-8-13)18-12-16(19)11-17(20-18)14-5-3-2-4-6-14/h2-12H,1H3. The van der Waals surface area contributed by atoms with Crippen LogP contribution in [0.15, 0.2) is 66.7 Å². The predicted octanol–water partition coefficient (Wildman–Crippen LogP) is 6.12. The first-order valence-electron chi connectivity index (χ1n) is 6.50. The second kappa shape index (κ2) is 5.70. The lowest BCUT2D eigenvalue weighted by Crippen LogP contribution is -1.79. The van der Waals surface area contributed by atoms with Crippen LogP contribution in [0, 0.1) is 11.4 Å². The molecule has 98 valence electrons. The van der Waals surface area contributed by atoms with Crippen LogP contribution >= 0.6 is 23.6 Å². The van der Waals surface area contributed by atoms with Gasteiger partial charge in [-0.15, -0.1) is 11.3 Å². The molecule has 1 heterocycles. The second-order valence-corrected chi connectivity index (χ2v) is 6.31. The lowest BCUT2D eigenvalue weighted by molar-refractivity contribution is 1.48. The number of rotatable bonds is 2.